The number of amides is 1. The Morgan fingerprint density at radius 1 is 1.50 bits per heavy atom. The average Bonchev–Trinajstić information content (AvgIpc) is 2.81. The van der Waals surface area contributed by atoms with E-state index in [1.807, 2.05) is 29.6 Å². The quantitative estimate of drug-likeness (QED) is 0.383. The van der Waals surface area contributed by atoms with Crippen LogP contribution in [0, 0.1) is 0 Å². The second-order valence-electron chi connectivity index (χ2n) is 3.90. The molecule has 0 spiro atoms. The zero-order valence-electron chi connectivity index (χ0n) is 9.83. The van der Waals surface area contributed by atoms with Crippen molar-refractivity contribution in [2.24, 2.45) is 10.9 Å². The summed E-state index contributed by atoms with van der Waals surface area (Å²) in [5.41, 5.74) is 6.03. The first kappa shape index (κ1) is 12.4. The van der Waals surface area contributed by atoms with Crippen molar-refractivity contribution in [3.05, 3.63) is 35.2 Å². The van der Waals surface area contributed by atoms with Gasteiger partial charge in [0.2, 0.25) is 0 Å². The highest BCUT2D eigenvalue weighted by Crippen LogP contribution is 2.26. The van der Waals surface area contributed by atoms with Crippen LogP contribution >= 0.6 is 11.3 Å². The molecule has 6 heteroatoms. The van der Waals surface area contributed by atoms with Gasteiger partial charge in [-0.2, -0.15) is 0 Å². The SMILES string of the molecule is CN(CC(N)=NO)C(=O)c1csc2ccccc12. The predicted octanol–water partition coefficient (Wildman–Crippen LogP) is 1.72. The number of hydrogen-bond donors (Lipinski definition) is 2. The largest absolute Gasteiger partial charge is 0.409 e. The number of carbonyl (C=O) groups is 1. The zero-order chi connectivity index (χ0) is 13.1. The Labute approximate surface area is 108 Å². The van der Waals surface area contributed by atoms with Crippen LogP contribution in [0.25, 0.3) is 10.1 Å². The maximum Gasteiger partial charge on any atom is 0.255 e. The Bertz CT molecular complexity index is 606. The molecule has 0 saturated heterocycles. The molecule has 5 nitrogen and oxygen atoms in total. The van der Waals surface area contributed by atoms with E-state index in [4.69, 9.17) is 10.9 Å². The van der Waals surface area contributed by atoms with E-state index in [1.165, 1.54) is 16.2 Å². The van der Waals surface area contributed by atoms with E-state index in [2.05, 4.69) is 5.16 Å². The van der Waals surface area contributed by atoms with Crippen LogP contribution in [-0.2, 0) is 0 Å². The van der Waals surface area contributed by atoms with Crippen molar-refractivity contribution in [2.75, 3.05) is 13.6 Å². The summed E-state index contributed by atoms with van der Waals surface area (Å²) in [6, 6.07) is 7.72. The normalized spacial score (nSPS) is 11.7. The van der Waals surface area contributed by atoms with Crippen LogP contribution in [0.15, 0.2) is 34.8 Å². The molecular weight excluding hydrogens is 250 g/mol. The number of rotatable bonds is 3. The lowest BCUT2D eigenvalue weighted by Crippen LogP contribution is -2.35. The molecule has 0 fully saturated rings. The van der Waals surface area contributed by atoms with Gasteiger partial charge in [0.25, 0.3) is 5.91 Å². The molecule has 1 aromatic carbocycles. The minimum Gasteiger partial charge on any atom is -0.409 e. The molecule has 0 saturated carbocycles. The summed E-state index contributed by atoms with van der Waals surface area (Å²) in [4.78, 5) is 13.6. The molecule has 0 aliphatic heterocycles. The molecule has 3 N–H and O–H groups in total. The third-order valence-electron chi connectivity index (χ3n) is 2.59. The van der Waals surface area contributed by atoms with Gasteiger partial charge < -0.3 is 15.8 Å². The van der Waals surface area contributed by atoms with Crippen molar-refractivity contribution in [1.29, 1.82) is 0 Å². The summed E-state index contributed by atoms with van der Waals surface area (Å²) in [7, 11) is 1.62. The Hall–Kier alpha value is -2.08. The lowest BCUT2D eigenvalue weighted by molar-refractivity contribution is 0.0816. The first-order chi connectivity index (χ1) is 8.63. The third-order valence-corrected chi connectivity index (χ3v) is 3.55. The number of fused-ring (bicyclic) bond motifs is 1. The number of benzene rings is 1. The smallest absolute Gasteiger partial charge is 0.255 e. The Kier molecular flexibility index (Phi) is 3.47. The molecule has 1 heterocycles. The van der Waals surface area contributed by atoms with Crippen LogP contribution in [0.2, 0.25) is 0 Å². The number of hydrogen-bond acceptors (Lipinski definition) is 4. The van der Waals surface area contributed by atoms with E-state index in [0.717, 1.165) is 10.1 Å². The van der Waals surface area contributed by atoms with E-state index in [0.29, 0.717) is 5.56 Å². The number of carbonyl (C=O) groups excluding carboxylic acids is 1. The Morgan fingerprint density at radius 2 is 2.22 bits per heavy atom. The minimum atomic E-state index is -0.140. The number of amidine groups is 1. The lowest BCUT2D eigenvalue weighted by Gasteiger charge is -2.15. The van der Waals surface area contributed by atoms with Crippen molar-refractivity contribution in [2.45, 2.75) is 0 Å². The van der Waals surface area contributed by atoms with E-state index in [1.54, 1.807) is 7.05 Å². The lowest BCUT2D eigenvalue weighted by atomic mass is 10.1. The summed E-state index contributed by atoms with van der Waals surface area (Å²) >= 11 is 1.53. The zero-order valence-corrected chi connectivity index (χ0v) is 10.6. The van der Waals surface area contributed by atoms with Gasteiger partial charge in [-0.05, 0) is 6.07 Å². The molecular formula is C12H13N3O2S. The number of likely N-dealkylation sites (N-methyl/N-ethyl adjacent to an activating group) is 1. The van der Waals surface area contributed by atoms with Gasteiger partial charge in [0.15, 0.2) is 5.84 Å². The van der Waals surface area contributed by atoms with Crippen molar-refractivity contribution >= 4 is 33.2 Å². The van der Waals surface area contributed by atoms with Gasteiger partial charge in [-0.3, -0.25) is 4.79 Å². The van der Waals surface area contributed by atoms with Gasteiger partial charge in [-0.1, -0.05) is 23.4 Å². The fourth-order valence-corrected chi connectivity index (χ4v) is 2.63. The summed E-state index contributed by atoms with van der Waals surface area (Å²) in [6.45, 7) is 0.0967. The second kappa shape index (κ2) is 5.05. The molecule has 0 aliphatic carbocycles. The van der Waals surface area contributed by atoms with Crippen LogP contribution in [0.3, 0.4) is 0 Å². The predicted molar refractivity (Wildman–Crippen MR) is 72.2 cm³/mol. The highest BCUT2D eigenvalue weighted by Gasteiger charge is 2.16. The van der Waals surface area contributed by atoms with Crippen LogP contribution in [0.5, 0.6) is 0 Å². The van der Waals surface area contributed by atoms with E-state index < -0.39 is 0 Å². The average molecular weight is 263 g/mol. The fourth-order valence-electron chi connectivity index (χ4n) is 1.70. The van der Waals surface area contributed by atoms with Crippen LogP contribution < -0.4 is 5.73 Å². The third kappa shape index (κ3) is 2.28. The molecule has 1 amide bonds. The van der Waals surface area contributed by atoms with Crippen molar-refractivity contribution in [1.82, 2.24) is 4.90 Å². The number of nitrogens with zero attached hydrogens (tertiary/aromatic N) is 2. The highest BCUT2D eigenvalue weighted by atomic mass is 32.1. The Balaban J connectivity index is 2.28. The molecule has 18 heavy (non-hydrogen) atoms. The Morgan fingerprint density at radius 3 is 2.94 bits per heavy atom. The van der Waals surface area contributed by atoms with Crippen LogP contribution in [0.4, 0.5) is 0 Å². The van der Waals surface area contributed by atoms with Gasteiger partial charge in [-0.15, -0.1) is 11.3 Å². The molecule has 1 aromatic heterocycles. The van der Waals surface area contributed by atoms with Gasteiger partial charge >= 0.3 is 0 Å². The molecule has 0 aliphatic rings. The molecule has 0 unspecified atom stereocenters. The number of thiophene rings is 1. The summed E-state index contributed by atoms with van der Waals surface area (Å²) in [6.07, 6.45) is 0. The van der Waals surface area contributed by atoms with Crippen molar-refractivity contribution < 1.29 is 10.0 Å². The maximum atomic E-state index is 12.2. The topological polar surface area (TPSA) is 78.9 Å². The van der Waals surface area contributed by atoms with Gasteiger partial charge in [0.05, 0.1) is 12.1 Å². The molecule has 0 bridgehead atoms. The second-order valence-corrected chi connectivity index (χ2v) is 4.81. The van der Waals surface area contributed by atoms with Gasteiger partial charge in [0, 0.05) is 22.5 Å². The monoisotopic (exact) mass is 263 g/mol. The summed E-state index contributed by atoms with van der Waals surface area (Å²) < 4.78 is 1.07. The molecule has 2 aromatic rings. The van der Waals surface area contributed by atoms with Gasteiger partial charge in [0.1, 0.15) is 0 Å². The van der Waals surface area contributed by atoms with Crippen molar-refractivity contribution in [3.8, 4) is 0 Å². The number of nitrogens with two attached hydrogens (primary N) is 1. The van der Waals surface area contributed by atoms with Crippen molar-refractivity contribution in [3.63, 3.8) is 0 Å². The standard InChI is InChI=1S/C12H13N3O2S/c1-15(6-11(13)14-17)12(16)9-7-18-10-5-3-2-4-8(9)10/h2-5,7,17H,6H2,1H3,(H2,13,14). The fraction of sp³-hybridized carbons (Fsp3) is 0.167. The minimum absolute atomic E-state index is 0.00499. The van der Waals surface area contributed by atoms with E-state index in [9.17, 15) is 4.79 Å². The molecule has 2 rings (SSSR count). The first-order valence-corrected chi connectivity index (χ1v) is 6.19. The number of oxime groups is 1. The van der Waals surface area contributed by atoms with Crippen LogP contribution in [-0.4, -0.2) is 35.4 Å². The molecule has 94 valence electrons. The maximum absolute atomic E-state index is 12.2. The first-order valence-electron chi connectivity index (χ1n) is 5.31. The van der Waals surface area contributed by atoms with Gasteiger partial charge in [-0.25, -0.2) is 0 Å². The highest BCUT2D eigenvalue weighted by molar-refractivity contribution is 7.17. The van der Waals surface area contributed by atoms with E-state index in [-0.39, 0.29) is 18.3 Å². The van der Waals surface area contributed by atoms with Crippen LogP contribution in [0.1, 0.15) is 10.4 Å². The van der Waals surface area contributed by atoms with E-state index >= 15 is 0 Å². The summed E-state index contributed by atoms with van der Waals surface area (Å²) in [5.74, 6) is -0.135. The molecule has 0 atom stereocenters. The summed E-state index contributed by atoms with van der Waals surface area (Å²) in [5, 5.41) is 14.1. The molecule has 0 radical (unpaired) electrons.